The van der Waals surface area contributed by atoms with Gasteiger partial charge in [0.25, 0.3) is 0 Å². The third-order valence-electron chi connectivity index (χ3n) is 10.7. The van der Waals surface area contributed by atoms with Crippen LogP contribution in [0.4, 0.5) is 0 Å². The molecule has 1 rings (SSSR count). The molecule has 0 aromatic carbocycles. The molecule has 1 aliphatic heterocycles. The summed E-state index contributed by atoms with van der Waals surface area (Å²) in [5.41, 5.74) is 0. The van der Waals surface area contributed by atoms with E-state index >= 15 is 0 Å². The van der Waals surface area contributed by atoms with Crippen molar-refractivity contribution in [2.45, 2.75) is 230 Å². The molecule has 0 saturated carbocycles. The summed E-state index contributed by atoms with van der Waals surface area (Å²) in [6.07, 6.45) is 36.3. The van der Waals surface area contributed by atoms with Gasteiger partial charge in [0.2, 0.25) is 5.91 Å². The molecule has 332 valence electrons. The van der Waals surface area contributed by atoms with E-state index < -0.39 is 61.5 Å². The summed E-state index contributed by atoms with van der Waals surface area (Å²) in [6, 6.07) is -1.00. The zero-order chi connectivity index (χ0) is 41.8. The van der Waals surface area contributed by atoms with Gasteiger partial charge < -0.3 is 45.4 Å². The van der Waals surface area contributed by atoms with Crippen molar-refractivity contribution >= 4 is 5.91 Å². The second-order valence-corrected chi connectivity index (χ2v) is 16.0. The molecule has 8 atom stereocenters. The monoisotopic (exact) mass is 808 g/mol. The standard InChI is InChI=1S/C47H85NO9/c1-3-5-7-9-11-13-15-17-18-19-20-21-22-23-24-26-28-30-32-34-36-41(51)46(55)48-39(38-56-47-45(54)44(53)43(52)42(37-49)57-47)40(50)35-33-31-29-27-25-16-14-12-10-8-6-4-2/h10,12,21-22,25,27,33,35,39-45,47,49-54H,3-9,11,13-20,23-24,26,28-32,34,36-38H2,1-2H3,(H,48,55)/b12-10+,22-21-,27-25+,35-33+. The molecule has 57 heavy (non-hydrogen) atoms. The lowest BCUT2D eigenvalue weighted by Crippen LogP contribution is -2.60. The maximum atomic E-state index is 13.0. The fourth-order valence-corrected chi connectivity index (χ4v) is 6.88. The minimum Gasteiger partial charge on any atom is -0.394 e. The van der Waals surface area contributed by atoms with E-state index in [0.29, 0.717) is 19.3 Å². The van der Waals surface area contributed by atoms with Gasteiger partial charge in [-0.15, -0.1) is 0 Å². The Morgan fingerprint density at radius 1 is 0.596 bits per heavy atom. The van der Waals surface area contributed by atoms with Crippen LogP contribution in [0.5, 0.6) is 0 Å². The summed E-state index contributed by atoms with van der Waals surface area (Å²) in [6.45, 7) is 3.52. The number of aliphatic hydroxyl groups excluding tert-OH is 6. The van der Waals surface area contributed by atoms with Crippen LogP contribution in [0, 0.1) is 0 Å². The van der Waals surface area contributed by atoms with Gasteiger partial charge in [0.15, 0.2) is 6.29 Å². The fourth-order valence-electron chi connectivity index (χ4n) is 6.88. The summed E-state index contributed by atoms with van der Waals surface area (Å²) in [7, 11) is 0. The number of hydrogen-bond donors (Lipinski definition) is 7. The quantitative estimate of drug-likeness (QED) is 0.0241. The minimum atomic E-state index is -1.62. The van der Waals surface area contributed by atoms with Crippen LogP contribution in [0.3, 0.4) is 0 Å². The summed E-state index contributed by atoms with van der Waals surface area (Å²) >= 11 is 0. The van der Waals surface area contributed by atoms with Crippen LogP contribution in [0.2, 0.25) is 0 Å². The van der Waals surface area contributed by atoms with Gasteiger partial charge in [-0.1, -0.05) is 165 Å². The third-order valence-corrected chi connectivity index (χ3v) is 10.7. The molecule has 10 heteroatoms. The molecule has 1 fully saturated rings. The molecule has 0 radical (unpaired) electrons. The molecular formula is C47H85NO9. The lowest BCUT2D eigenvalue weighted by atomic mass is 9.99. The second-order valence-electron chi connectivity index (χ2n) is 16.0. The molecule has 1 amide bonds. The average molecular weight is 808 g/mol. The molecule has 10 nitrogen and oxygen atoms in total. The number of carbonyl (C=O) groups excluding carboxylic acids is 1. The van der Waals surface area contributed by atoms with Gasteiger partial charge >= 0.3 is 0 Å². The molecule has 8 unspecified atom stereocenters. The molecule has 1 saturated heterocycles. The predicted molar refractivity (Wildman–Crippen MR) is 232 cm³/mol. The van der Waals surface area contributed by atoms with E-state index in [1.54, 1.807) is 6.08 Å². The second kappa shape index (κ2) is 37.1. The van der Waals surface area contributed by atoms with Crippen molar-refractivity contribution in [1.82, 2.24) is 5.32 Å². The van der Waals surface area contributed by atoms with Crippen molar-refractivity contribution in [1.29, 1.82) is 0 Å². The van der Waals surface area contributed by atoms with E-state index in [1.807, 2.05) is 6.08 Å². The SMILES string of the molecule is CCCC/C=C/CC/C=C/CC/C=C/C(O)C(COC1OC(CO)C(O)C(O)C1O)NC(=O)C(O)CCCCCCCC/C=C\CCCCCCCCCCCC. The fraction of sp³-hybridized carbons (Fsp3) is 0.809. The summed E-state index contributed by atoms with van der Waals surface area (Å²) < 4.78 is 11.1. The van der Waals surface area contributed by atoms with Crippen LogP contribution in [-0.4, -0.2) is 98.7 Å². The average Bonchev–Trinajstić information content (AvgIpc) is 3.21. The van der Waals surface area contributed by atoms with Gasteiger partial charge in [-0.2, -0.15) is 0 Å². The smallest absolute Gasteiger partial charge is 0.249 e. The highest BCUT2D eigenvalue weighted by atomic mass is 16.7. The van der Waals surface area contributed by atoms with Crippen molar-refractivity contribution < 1.29 is 44.9 Å². The lowest BCUT2D eigenvalue weighted by molar-refractivity contribution is -0.302. The highest BCUT2D eigenvalue weighted by Crippen LogP contribution is 2.22. The highest BCUT2D eigenvalue weighted by molar-refractivity contribution is 5.80. The summed E-state index contributed by atoms with van der Waals surface area (Å²) in [5.74, 6) is -0.638. The number of amides is 1. The van der Waals surface area contributed by atoms with Gasteiger partial charge in [0.05, 0.1) is 25.4 Å². The highest BCUT2D eigenvalue weighted by Gasteiger charge is 2.44. The van der Waals surface area contributed by atoms with Gasteiger partial charge in [-0.3, -0.25) is 4.79 Å². The molecule has 0 aliphatic carbocycles. The van der Waals surface area contributed by atoms with Crippen LogP contribution >= 0.6 is 0 Å². The Kier molecular flexibility index (Phi) is 34.6. The number of hydrogen-bond acceptors (Lipinski definition) is 9. The minimum absolute atomic E-state index is 0.292. The van der Waals surface area contributed by atoms with Crippen LogP contribution in [0.1, 0.15) is 181 Å². The maximum Gasteiger partial charge on any atom is 0.249 e. The first-order chi connectivity index (χ1) is 27.8. The number of allylic oxidation sites excluding steroid dienone is 7. The van der Waals surface area contributed by atoms with E-state index in [-0.39, 0.29) is 6.61 Å². The van der Waals surface area contributed by atoms with Crippen molar-refractivity contribution in [2.24, 2.45) is 0 Å². The number of carbonyl (C=O) groups is 1. The molecule has 0 bridgehead atoms. The third kappa shape index (κ3) is 27.5. The van der Waals surface area contributed by atoms with E-state index in [2.05, 4.69) is 55.6 Å². The Morgan fingerprint density at radius 3 is 1.58 bits per heavy atom. The molecule has 7 N–H and O–H groups in total. The van der Waals surface area contributed by atoms with Gasteiger partial charge in [-0.05, 0) is 64.2 Å². The van der Waals surface area contributed by atoms with E-state index in [0.717, 1.165) is 51.4 Å². The largest absolute Gasteiger partial charge is 0.394 e. The number of aliphatic hydroxyl groups is 6. The Bertz CT molecular complexity index is 1050. The van der Waals surface area contributed by atoms with Crippen molar-refractivity contribution in [3.05, 3.63) is 48.6 Å². The number of ether oxygens (including phenoxy) is 2. The Labute approximate surface area is 346 Å². The Morgan fingerprint density at radius 2 is 1.05 bits per heavy atom. The van der Waals surface area contributed by atoms with Crippen LogP contribution in [0.15, 0.2) is 48.6 Å². The van der Waals surface area contributed by atoms with Crippen LogP contribution < -0.4 is 5.32 Å². The van der Waals surface area contributed by atoms with Gasteiger partial charge in [-0.25, -0.2) is 0 Å². The summed E-state index contributed by atoms with van der Waals surface area (Å²) in [4.78, 5) is 13.0. The first-order valence-corrected chi connectivity index (χ1v) is 23.0. The van der Waals surface area contributed by atoms with E-state index in [4.69, 9.17) is 9.47 Å². The number of nitrogens with one attached hydrogen (secondary N) is 1. The molecule has 1 aliphatic rings. The first-order valence-electron chi connectivity index (χ1n) is 23.0. The van der Waals surface area contributed by atoms with Crippen LogP contribution in [0.25, 0.3) is 0 Å². The Balaban J connectivity index is 2.40. The first kappa shape index (κ1) is 53.1. The molecule has 0 spiro atoms. The molecule has 0 aromatic rings. The summed E-state index contributed by atoms with van der Waals surface area (Å²) in [5, 5.41) is 64.5. The zero-order valence-corrected chi connectivity index (χ0v) is 35.9. The van der Waals surface area contributed by atoms with Crippen molar-refractivity contribution in [2.75, 3.05) is 13.2 Å². The number of rotatable bonds is 37. The Hall–Kier alpha value is -1.89. The van der Waals surface area contributed by atoms with Crippen molar-refractivity contribution in [3.8, 4) is 0 Å². The van der Waals surface area contributed by atoms with E-state index in [9.17, 15) is 35.4 Å². The molecular weight excluding hydrogens is 723 g/mol. The number of unbranched alkanes of at least 4 members (excludes halogenated alkanes) is 20. The van der Waals surface area contributed by atoms with Crippen LogP contribution in [-0.2, 0) is 14.3 Å². The maximum absolute atomic E-state index is 13.0. The van der Waals surface area contributed by atoms with Gasteiger partial charge in [0.1, 0.15) is 30.5 Å². The van der Waals surface area contributed by atoms with Gasteiger partial charge in [0, 0.05) is 0 Å². The predicted octanol–water partition coefficient (Wildman–Crippen LogP) is 8.42. The molecule has 0 aromatic heterocycles. The normalized spacial score (nSPS) is 22.0. The zero-order valence-electron chi connectivity index (χ0n) is 35.9. The molecule has 1 heterocycles. The van der Waals surface area contributed by atoms with E-state index in [1.165, 1.54) is 96.3 Å². The topological polar surface area (TPSA) is 169 Å². The van der Waals surface area contributed by atoms with Crippen molar-refractivity contribution in [3.63, 3.8) is 0 Å². The lowest BCUT2D eigenvalue weighted by Gasteiger charge is -2.40.